The molecule has 5 nitrogen and oxygen atoms in total. The molecule has 5 heteroatoms. The highest BCUT2D eigenvalue weighted by atomic mass is 16.5. The van der Waals surface area contributed by atoms with Gasteiger partial charge >= 0.3 is 0 Å². The van der Waals surface area contributed by atoms with Crippen LogP contribution in [0.4, 0.5) is 0 Å². The molecule has 0 aliphatic rings. The lowest BCUT2D eigenvalue weighted by molar-refractivity contribution is -0.122. The van der Waals surface area contributed by atoms with Crippen LogP contribution in [-0.4, -0.2) is 32.1 Å². The van der Waals surface area contributed by atoms with E-state index in [2.05, 4.69) is 10.6 Å². The van der Waals surface area contributed by atoms with E-state index in [0.717, 1.165) is 11.1 Å². The number of aryl methyl sites for hydroxylation is 1. The Labute approximate surface area is 119 Å². The van der Waals surface area contributed by atoms with Crippen molar-refractivity contribution < 1.29 is 14.3 Å². The average molecular weight is 278 g/mol. The number of carbonyl (C=O) groups excluding carboxylic acids is 2. The van der Waals surface area contributed by atoms with E-state index in [9.17, 15) is 9.59 Å². The quantitative estimate of drug-likeness (QED) is 0.739. The molecule has 0 saturated heterocycles. The summed E-state index contributed by atoms with van der Waals surface area (Å²) >= 11 is 0. The van der Waals surface area contributed by atoms with Gasteiger partial charge in [-0.3, -0.25) is 9.59 Å². The third kappa shape index (κ3) is 5.84. The SMILES string of the molecule is COCCNC(=O)CC(NC(C)=O)c1ccc(C)cc1. The minimum Gasteiger partial charge on any atom is -0.383 e. The number of benzene rings is 1. The fraction of sp³-hybridized carbons (Fsp3) is 0.467. The molecule has 0 bridgehead atoms. The molecule has 0 fully saturated rings. The molecule has 110 valence electrons. The first-order valence-corrected chi connectivity index (χ1v) is 6.62. The van der Waals surface area contributed by atoms with Crippen molar-refractivity contribution in [3.05, 3.63) is 35.4 Å². The van der Waals surface area contributed by atoms with Gasteiger partial charge in [-0.1, -0.05) is 29.8 Å². The van der Waals surface area contributed by atoms with E-state index in [0.29, 0.717) is 13.2 Å². The highest BCUT2D eigenvalue weighted by molar-refractivity contribution is 5.79. The molecule has 1 aromatic carbocycles. The topological polar surface area (TPSA) is 67.4 Å². The predicted molar refractivity (Wildman–Crippen MR) is 77.2 cm³/mol. The third-order valence-electron chi connectivity index (χ3n) is 2.88. The first-order chi connectivity index (χ1) is 9.52. The summed E-state index contributed by atoms with van der Waals surface area (Å²) < 4.78 is 4.88. The molecule has 0 radical (unpaired) electrons. The summed E-state index contributed by atoms with van der Waals surface area (Å²) in [4.78, 5) is 23.1. The lowest BCUT2D eigenvalue weighted by Crippen LogP contribution is -2.33. The van der Waals surface area contributed by atoms with E-state index < -0.39 is 0 Å². The Hall–Kier alpha value is -1.88. The van der Waals surface area contributed by atoms with Crippen LogP contribution in [0.2, 0.25) is 0 Å². The number of nitrogens with one attached hydrogen (secondary N) is 2. The molecule has 2 N–H and O–H groups in total. The second kappa shape index (κ2) is 8.32. The van der Waals surface area contributed by atoms with Crippen LogP contribution in [-0.2, 0) is 14.3 Å². The highest BCUT2D eigenvalue weighted by Crippen LogP contribution is 2.17. The largest absolute Gasteiger partial charge is 0.383 e. The molecule has 1 unspecified atom stereocenters. The van der Waals surface area contributed by atoms with Crippen LogP contribution in [0, 0.1) is 6.92 Å². The number of rotatable bonds is 7. The third-order valence-corrected chi connectivity index (χ3v) is 2.88. The van der Waals surface area contributed by atoms with Gasteiger partial charge < -0.3 is 15.4 Å². The molecule has 2 amide bonds. The predicted octanol–water partition coefficient (Wildman–Crippen LogP) is 1.32. The fourth-order valence-electron chi connectivity index (χ4n) is 1.85. The summed E-state index contributed by atoms with van der Waals surface area (Å²) in [6.07, 6.45) is 0.215. The lowest BCUT2D eigenvalue weighted by atomic mass is 10.0. The summed E-state index contributed by atoms with van der Waals surface area (Å²) in [6, 6.07) is 7.48. The molecule has 0 aliphatic heterocycles. The zero-order valence-electron chi connectivity index (χ0n) is 12.2. The maximum absolute atomic E-state index is 11.8. The Balaban J connectivity index is 2.67. The number of hydrogen-bond donors (Lipinski definition) is 2. The first-order valence-electron chi connectivity index (χ1n) is 6.62. The van der Waals surface area contributed by atoms with Crippen molar-refractivity contribution in [3.8, 4) is 0 Å². The number of ether oxygens (including phenoxy) is 1. The molecule has 1 rings (SSSR count). The van der Waals surface area contributed by atoms with Crippen molar-refractivity contribution in [2.24, 2.45) is 0 Å². The molecule has 0 aliphatic carbocycles. The van der Waals surface area contributed by atoms with Crippen molar-refractivity contribution in [1.29, 1.82) is 0 Å². The molecular weight excluding hydrogens is 256 g/mol. The fourth-order valence-corrected chi connectivity index (χ4v) is 1.85. The number of carbonyl (C=O) groups is 2. The van der Waals surface area contributed by atoms with Crippen molar-refractivity contribution in [3.63, 3.8) is 0 Å². The smallest absolute Gasteiger partial charge is 0.222 e. The number of hydrogen-bond acceptors (Lipinski definition) is 3. The zero-order chi connectivity index (χ0) is 15.0. The Morgan fingerprint density at radius 2 is 1.90 bits per heavy atom. The molecule has 0 heterocycles. The number of amides is 2. The molecular formula is C15H22N2O3. The first kappa shape index (κ1) is 16.2. The molecule has 0 spiro atoms. The van der Waals surface area contributed by atoms with Crippen LogP contribution < -0.4 is 10.6 Å². The Kier molecular flexibility index (Phi) is 6.73. The second-order valence-electron chi connectivity index (χ2n) is 4.71. The molecule has 0 saturated carbocycles. The summed E-state index contributed by atoms with van der Waals surface area (Å²) in [5.74, 6) is -0.262. The molecule has 1 aromatic rings. The maximum atomic E-state index is 11.8. The summed E-state index contributed by atoms with van der Waals surface area (Å²) in [7, 11) is 1.58. The van der Waals surface area contributed by atoms with Crippen LogP contribution in [0.1, 0.15) is 30.5 Å². The van der Waals surface area contributed by atoms with Crippen molar-refractivity contribution in [2.75, 3.05) is 20.3 Å². The van der Waals surface area contributed by atoms with Crippen molar-refractivity contribution in [2.45, 2.75) is 26.3 Å². The Morgan fingerprint density at radius 1 is 1.25 bits per heavy atom. The van der Waals surface area contributed by atoms with E-state index in [1.54, 1.807) is 7.11 Å². The maximum Gasteiger partial charge on any atom is 0.222 e. The van der Waals surface area contributed by atoms with Crippen LogP contribution in [0.25, 0.3) is 0 Å². The van der Waals surface area contributed by atoms with E-state index in [1.807, 2.05) is 31.2 Å². The van der Waals surface area contributed by atoms with Crippen LogP contribution in [0.15, 0.2) is 24.3 Å². The van der Waals surface area contributed by atoms with Gasteiger partial charge in [0.05, 0.1) is 19.1 Å². The molecule has 0 aromatic heterocycles. The van der Waals surface area contributed by atoms with Crippen LogP contribution in [0.3, 0.4) is 0 Å². The molecule has 20 heavy (non-hydrogen) atoms. The monoisotopic (exact) mass is 278 g/mol. The van der Waals surface area contributed by atoms with Gasteiger partial charge in [-0.25, -0.2) is 0 Å². The van der Waals surface area contributed by atoms with Crippen LogP contribution >= 0.6 is 0 Å². The Morgan fingerprint density at radius 3 is 2.45 bits per heavy atom. The van der Waals surface area contributed by atoms with E-state index in [-0.39, 0.29) is 24.3 Å². The lowest BCUT2D eigenvalue weighted by Gasteiger charge is -2.18. The second-order valence-corrected chi connectivity index (χ2v) is 4.71. The summed E-state index contributed by atoms with van der Waals surface area (Å²) in [5.41, 5.74) is 2.06. The van der Waals surface area contributed by atoms with E-state index >= 15 is 0 Å². The Bertz CT molecular complexity index is 443. The average Bonchev–Trinajstić information content (AvgIpc) is 2.38. The van der Waals surface area contributed by atoms with E-state index in [1.165, 1.54) is 6.92 Å². The van der Waals surface area contributed by atoms with Gasteiger partial charge in [-0.2, -0.15) is 0 Å². The number of methoxy groups -OCH3 is 1. The summed E-state index contributed by atoms with van der Waals surface area (Å²) in [5, 5.41) is 5.56. The zero-order valence-corrected chi connectivity index (χ0v) is 12.2. The van der Waals surface area contributed by atoms with Gasteiger partial charge in [0.1, 0.15) is 0 Å². The minimum absolute atomic E-state index is 0.110. The van der Waals surface area contributed by atoms with Crippen molar-refractivity contribution >= 4 is 11.8 Å². The normalized spacial score (nSPS) is 11.8. The van der Waals surface area contributed by atoms with Crippen LogP contribution in [0.5, 0.6) is 0 Å². The van der Waals surface area contributed by atoms with Gasteiger partial charge in [0.25, 0.3) is 0 Å². The van der Waals surface area contributed by atoms with Gasteiger partial charge in [-0.05, 0) is 12.5 Å². The van der Waals surface area contributed by atoms with E-state index in [4.69, 9.17) is 4.74 Å². The van der Waals surface area contributed by atoms with Crippen molar-refractivity contribution in [1.82, 2.24) is 10.6 Å². The minimum atomic E-state index is -0.310. The standard InChI is InChI=1S/C15H22N2O3/c1-11-4-6-13(7-5-11)14(17-12(2)18)10-15(19)16-8-9-20-3/h4-7,14H,8-10H2,1-3H3,(H,16,19)(H,17,18). The van der Waals surface area contributed by atoms with Gasteiger partial charge in [0, 0.05) is 20.6 Å². The van der Waals surface area contributed by atoms with Gasteiger partial charge in [-0.15, -0.1) is 0 Å². The van der Waals surface area contributed by atoms with Gasteiger partial charge in [0.15, 0.2) is 0 Å². The van der Waals surface area contributed by atoms with Gasteiger partial charge in [0.2, 0.25) is 11.8 Å². The molecule has 1 atom stereocenters. The highest BCUT2D eigenvalue weighted by Gasteiger charge is 2.16. The summed E-state index contributed by atoms with van der Waals surface area (Å²) in [6.45, 7) is 4.38.